The predicted molar refractivity (Wildman–Crippen MR) is 81.6 cm³/mol. The molecule has 0 heterocycles. The minimum Gasteiger partial charge on any atom is -0.462 e. The molecular formula is C18H26O3. The molecule has 0 bridgehead atoms. The zero-order chi connectivity index (χ0) is 15.6. The molecule has 0 saturated heterocycles. The van der Waals surface area contributed by atoms with Gasteiger partial charge in [0.1, 0.15) is 6.10 Å². The summed E-state index contributed by atoms with van der Waals surface area (Å²) >= 11 is 0. The molecule has 0 aromatic rings. The van der Waals surface area contributed by atoms with E-state index in [0.717, 1.165) is 6.42 Å². The minimum absolute atomic E-state index is 0.00942. The molecule has 0 N–H and O–H groups in total. The lowest BCUT2D eigenvalue weighted by Gasteiger charge is -2.42. The number of hydrogen-bond donors (Lipinski definition) is 0. The van der Waals surface area contributed by atoms with Crippen LogP contribution >= 0.6 is 0 Å². The highest BCUT2D eigenvalue weighted by molar-refractivity contribution is 5.66. The van der Waals surface area contributed by atoms with Crippen LogP contribution in [0.3, 0.4) is 0 Å². The summed E-state index contributed by atoms with van der Waals surface area (Å²) in [6.07, 6.45) is 5.48. The smallest absolute Gasteiger partial charge is 0.302 e. The van der Waals surface area contributed by atoms with Crippen molar-refractivity contribution in [2.75, 3.05) is 7.11 Å². The van der Waals surface area contributed by atoms with Gasteiger partial charge in [0.05, 0.1) is 5.60 Å². The summed E-state index contributed by atoms with van der Waals surface area (Å²) in [7, 11) is 1.78. The van der Waals surface area contributed by atoms with Gasteiger partial charge in [0.15, 0.2) is 0 Å². The van der Waals surface area contributed by atoms with Crippen LogP contribution in [0.15, 0.2) is 24.3 Å². The van der Waals surface area contributed by atoms with E-state index in [-0.39, 0.29) is 23.1 Å². The number of carbonyl (C=O) groups excluding carboxylic acids is 1. The van der Waals surface area contributed by atoms with E-state index in [9.17, 15) is 4.79 Å². The van der Waals surface area contributed by atoms with Crippen LogP contribution in [0.5, 0.6) is 0 Å². The average Bonchev–Trinajstić information content (AvgIpc) is 3.00. The highest BCUT2D eigenvalue weighted by Gasteiger charge is 2.81. The molecule has 0 aromatic heterocycles. The Morgan fingerprint density at radius 3 is 2.57 bits per heavy atom. The highest BCUT2D eigenvalue weighted by Crippen LogP contribution is 2.79. The van der Waals surface area contributed by atoms with Gasteiger partial charge >= 0.3 is 5.97 Å². The van der Waals surface area contributed by atoms with Crippen molar-refractivity contribution in [3.05, 3.63) is 24.3 Å². The minimum atomic E-state index is -0.293. The molecule has 116 valence electrons. The standard InChI is InChI=1S/C18H26O3/c1-10(2)15-16-14(21-12(4)19)9-11(3)13-7-8-17(5,20-6)18(13,15)16/h7-8,11,13-16H,1,9H2,2-6H3/t11-,13+,14+,15+,16-,17?,18-/m0/s1. The van der Waals surface area contributed by atoms with Gasteiger partial charge in [0.25, 0.3) is 0 Å². The molecule has 3 rings (SSSR count). The SMILES string of the molecule is C=C(C)[C@@H]1[C@@H]2[C@H](OC(C)=O)C[C@H](C)[C@H]3C=CC(C)(OC)[C@@]231. The zero-order valence-corrected chi connectivity index (χ0v) is 13.7. The van der Waals surface area contributed by atoms with Crippen molar-refractivity contribution in [2.24, 2.45) is 29.1 Å². The van der Waals surface area contributed by atoms with Crippen LogP contribution in [0.25, 0.3) is 0 Å². The van der Waals surface area contributed by atoms with Crippen LogP contribution in [-0.2, 0) is 14.3 Å². The Balaban J connectivity index is 2.04. The van der Waals surface area contributed by atoms with E-state index in [1.54, 1.807) is 7.11 Å². The zero-order valence-electron chi connectivity index (χ0n) is 13.7. The Morgan fingerprint density at radius 1 is 1.38 bits per heavy atom. The summed E-state index contributed by atoms with van der Waals surface area (Å²) in [5, 5.41) is 0. The van der Waals surface area contributed by atoms with Gasteiger partial charge < -0.3 is 9.47 Å². The molecule has 3 nitrogen and oxygen atoms in total. The highest BCUT2D eigenvalue weighted by atomic mass is 16.5. The molecule has 0 radical (unpaired) electrons. The van der Waals surface area contributed by atoms with Gasteiger partial charge in [-0.15, -0.1) is 0 Å². The fourth-order valence-corrected chi connectivity index (χ4v) is 5.56. The molecule has 3 aliphatic rings. The first-order valence-corrected chi connectivity index (χ1v) is 7.86. The van der Waals surface area contributed by atoms with Gasteiger partial charge in [0.2, 0.25) is 0 Å². The van der Waals surface area contributed by atoms with E-state index in [0.29, 0.717) is 23.7 Å². The van der Waals surface area contributed by atoms with Crippen molar-refractivity contribution in [1.82, 2.24) is 0 Å². The summed E-state index contributed by atoms with van der Waals surface area (Å²) < 4.78 is 11.6. The van der Waals surface area contributed by atoms with Gasteiger partial charge in [-0.2, -0.15) is 0 Å². The van der Waals surface area contributed by atoms with E-state index in [2.05, 4.69) is 39.5 Å². The second kappa shape index (κ2) is 4.45. The first kappa shape index (κ1) is 14.8. The van der Waals surface area contributed by atoms with Crippen molar-refractivity contribution >= 4 is 5.97 Å². The maximum absolute atomic E-state index is 11.5. The van der Waals surface area contributed by atoms with Crippen LogP contribution in [0.4, 0.5) is 0 Å². The molecule has 0 aliphatic heterocycles. The molecule has 2 saturated carbocycles. The van der Waals surface area contributed by atoms with Crippen LogP contribution < -0.4 is 0 Å². The van der Waals surface area contributed by atoms with E-state index in [1.165, 1.54) is 12.5 Å². The second-order valence-electron chi connectivity index (χ2n) is 7.34. The average molecular weight is 290 g/mol. The molecule has 1 spiro atoms. The van der Waals surface area contributed by atoms with E-state index in [1.807, 2.05) is 0 Å². The molecule has 7 atom stereocenters. The fourth-order valence-electron chi connectivity index (χ4n) is 5.56. The number of esters is 1. The third-order valence-corrected chi connectivity index (χ3v) is 6.24. The number of allylic oxidation sites excluding steroid dienone is 2. The first-order chi connectivity index (χ1) is 9.79. The normalized spacial score (nSPS) is 50.2. The van der Waals surface area contributed by atoms with Crippen molar-refractivity contribution in [2.45, 2.75) is 45.8 Å². The molecule has 21 heavy (non-hydrogen) atoms. The molecule has 3 aliphatic carbocycles. The lowest BCUT2D eigenvalue weighted by atomic mass is 9.67. The topological polar surface area (TPSA) is 35.5 Å². The molecule has 0 amide bonds. The Labute approximate surface area is 127 Å². The summed E-state index contributed by atoms with van der Waals surface area (Å²) in [6.45, 7) is 12.2. The number of hydrogen-bond acceptors (Lipinski definition) is 3. The Bertz CT molecular complexity index is 523. The summed E-state index contributed by atoms with van der Waals surface area (Å²) in [6, 6.07) is 0. The summed E-state index contributed by atoms with van der Waals surface area (Å²) in [4.78, 5) is 11.5. The van der Waals surface area contributed by atoms with Gasteiger partial charge in [0, 0.05) is 25.4 Å². The van der Waals surface area contributed by atoms with Gasteiger partial charge in [-0.05, 0) is 38.0 Å². The Hall–Kier alpha value is -1.09. The Kier molecular flexibility index (Phi) is 3.14. The van der Waals surface area contributed by atoms with Crippen LogP contribution in [-0.4, -0.2) is 24.8 Å². The van der Waals surface area contributed by atoms with Crippen LogP contribution in [0, 0.1) is 29.1 Å². The van der Waals surface area contributed by atoms with Crippen molar-refractivity contribution in [3.8, 4) is 0 Å². The number of carbonyl (C=O) groups is 1. The lowest BCUT2D eigenvalue weighted by molar-refractivity contribution is -0.153. The van der Waals surface area contributed by atoms with Crippen LogP contribution in [0.2, 0.25) is 0 Å². The number of ether oxygens (including phenoxy) is 2. The molecule has 1 unspecified atom stereocenters. The van der Waals surface area contributed by atoms with Gasteiger partial charge in [-0.25, -0.2) is 0 Å². The second-order valence-corrected chi connectivity index (χ2v) is 7.34. The Morgan fingerprint density at radius 2 is 2.05 bits per heavy atom. The number of rotatable bonds is 3. The van der Waals surface area contributed by atoms with E-state index >= 15 is 0 Å². The van der Waals surface area contributed by atoms with E-state index in [4.69, 9.17) is 9.47 Å². The maximum atomic E-state index is 11.5. The van der Waals surface area contributed by atoms with Crippen molar-refractivity contribution in [1.29, 1.82) is 0 Å². The molecule has 3 heteroatoms. The lowest BCUT2D eigenvalue weighted by Crippen LogP contribution is -2.46. The van der Waals surface area contributed by atoms with Crippen molar-refractivity contribution < 1.29 is 14.3 Å². The molecule has 2 fully saturated rings. The van der Waals surface area contributed by atoms with Gasteiger partial charge in [-0.3, -0.25) is 4.79 Å². The third kappa shape index (κ3) is 1.67. The first-order valence-electron chi connectivity index (χ1n) is 7.86. The number of methoxy groups -OCH3 is 1. The molecular weight excluding hydrogens is 264 g/mol. The molecule has 0 aromatic carbocycles. The third-order valence-electron chi connectivity index (χ3n) is 6.24. The maximum Gasteiger partial charge on any atom is 0.302 e. The predicted octanol–water partition coefficient (Wildman–Crippen LogP) is 3.36. The fraction of sp³-hybridized carbons (Fsp3) is 0.722. The van der Waals surface area contributed by atoms with E-state index < -0.39 is 0 Å². The van der Waals surface area contributed by atoms with Crippen molar-refractivity contribution in [3.63, 3.8) is 0 Å². The summed E-state index contributed by atoms with van der Waals surface area (Å²) in [5.41, 5.74) is 0.910. The monoisotopic (exact) mass is 290 g/mol. The summed E-state index contributed by atoms with van der Waals surface area (Å²) in [5.74, 6) is 1.50. The quantitative estimate of drug-likeness (QED) is 0.590. The van der Waals surface area contributed by atoms with Crippen LogP contribution in [0.1, 0.15) is 34.1 Å². The van der Waals surface area contributed by atoms with Gasteiger partial charge in [-0.1, -0.05) is 31.2 Å². The largest absolute Gasteiger partial charge is 0.462 e.